The average Bonchev–Trinajstić information content (AvgIpc) is 2.04. The molecule has 0 radical (unpaired) electrons. The second-order valence-corrected chi connectivity index (χ2v) is 4.06. The van der Waals surface area contributed by atoms with E-state index in [4.69, 9.17) is 10.5 Å². The molecule has 1 atom stereocenters. The number of benzene rings is 1. The molecule has 0 unspecified atom stereocenters. The first-order valence-electron chi connectivity index (χ1n) is 3.96. The third kappa shape index (κ3) is 2.08. The third-order valence-corrected chi connectivity index (χ3v) is 3.01. The first kappa shape index (κ1) is 11.1. The van der Waals surface area contributed by atoms with Gasteiger partial charge in [0.15, 0.2) is 0 Å². The third-order valence-electron chi connectivity index (χ3n) is 2.07. The second-order valence-electron chi connectivity index (χ2n) is 2.90. The fourth-order valence-corrected chi connectivity index (χ4v) is 2.32. The number of hydrogen-bond donors (Lipinski definition) is 1. The van der Waals surface area contributed by atoms with Gasteiger partial charge < -0.3 is 10.5 Å². The summed E-state index contributed by atoms with van der Waals surface area (Å²) in [6, 6.07) is 6.20. The van der Waals surface area contributed by atoms with Crippen molar-refractivity contribution in [1.82, 2.24) is 0 Å². The van der Waals surface area contributed by atoms with Crippen LogP contribution in [-0.4, -0.2) is 6.61 Å². The SMILES string of the molecule is Cl.N[C@@H]1CCOc2cccc(I)c21. The van der Waals surface area contributed by atoms with Crippen LogP contribution in [0.5, 0.6) is 5.75 Å². The minimum atomic E-state index is 0. The zero-order chi connectivity index (χ0) is 8.55. The molecule has 4 heteroatoms. The van der Waals surface area contributed by atoms with Gasteiger partial charge in [-0.25, -0.2) is 0 Å². The van der Waals surface area contributed by atoms with Gasteiger partial charge in [-0.3, -0.25) is 0 Å². The zero-order valence-corrected chi connectivity index (χ0v) is 9.97. The molecule has 1 heterocycles. The van der Waals surface area contributed by atoms with Crippen LogP contribution in [-0.2, 0) is 0 Å². The number of fused-ring (bicyclic) bond motifs is 1. The fraction of sp³-hybridized carbons (Fsp3) is 0.333. The molecule has 0 spiro atoms. The fourth-order valence-electron chi connectivity index (χ4n) is 1.44. The average molecular weight is 312 g/mol. The van der Waals surface area contributed by atoms with Crippen LogP contribution in [0.25, 0.3) is 0 Å². The smallest absolute Gasteiger partial charge is 0.125 e. The molecule has 0 amide bonds. The Bertz CT molecular complexity index is 306. The Morgan fingerprint density at radius 2 is 2.23 bits per heavy atom. The Morgan fingerprint density at radius 1 is 1.46 bits per heavy atom. The number of ether oxygens (including phenoxy) is 1. The standard InChI is InChI=1S/C9H10INO.ClH/c10-6-2-1-3-8-9(6)7(11)4-5-12-8;/h1-3,7H,4-5,11H2;1H/t7-;/m1./s1. The van der Waals surface area contributed by atoms with E-state index in [2.05, 4.69) is 28.7 Å². The van der Waals surface area contributed by atoms with E-state index >= 15 is 0 Å². The highest BCUT2D eigenvalue weighted by atomic mass is 127. The molecule has 1 aromatic rings. The molecular weight excluding hydrogens is 300 g/mol. The summed E-state index contributed by atoms with van der Waals surface area (Å²) >= 11 is 2.30. The van der Waals surface area contributed by atoms with Crippen LogP contribution < -0.4 is 10.5 Å². The Hall–Kier alpha value is -0.000000000000000111. The van der Waals surface area contributed by atoms with E-state index in [1.165, 1.54) is 9.13 Å². The monoisotopic (exact) mass is 311 g/mol. The van der Waals surface area contributed by atoms with Crippen LogP contribution in [0.1, 0.15) is 18.0 Å². The van der Waals surface area contributed by atoms with Crippen LogP contribution in [0.15, 0.2) is 18.2 Å². The van der Waals surface area contributed by atoms with Crippen molar-refractivity contribution in [2.24, 2.45) is 5.73 Å². The topological polar surface area (TPSA) is 35.2 Å². The van der Waals surface area contributed by atoms with E-state index in [1.54, 1.807) is 0 Å². The molecule has 2 rings (SSSR count). The summed E-state index contributed by atoms with van der Waals surface area (Å²) in [5.74, 6) is 0.959. The molecule has 0 aliphatic carbocycles. The lowest BCUT2D eigenvalue weighted by Crippen LogP contribution is -2.21. The molecule has 1 aliphatic heterocycles. The predicted octanol–water partition coefficient (Wildman–Crippen LogP) is 2.50. The van der Waals surface area contributed by atoms with Gasteiger partial charge in [-0.05, 0) is 34.7 Å². The second kappa shape index (κ2) is 4.48. The van der Waals surface area contributed by atoms with Crippen molar-refractivity contribution in [3.63, 3.8) is 0 Å². The minimum absolute atomic E-state index is 0. The van der Waals surface area contributed by atoms with Gasteiger partial charge in [-0.15, -0.1) is 12.4 Å². The maximum Gasteiger partial charge on any atom is 0.125 e. The first-order chi connectivity index (χ1) is 5.79. The van der Waals surface area contributed by atoms with E-state index in [1.807, 2.05) is 12.1 Å². The predicted molar refractivity (Wildman–Crippen MR) is 63.4 cm³/mol. The van der Waals surface area contributed by atoms with Crippen LogP contribution in [0.2, 0.25) is 0 Å². The largest absolute Gasteiger partial charge is 0.493 e. The molecular formula is C9H11ClINO. The molecule has 0 saturated carbocycles. The highest BCUT2D eigenvalue weighted by molar-refractivity contribution is 14.1. The summed E-state index contributed by atoms with van der Waals surface area (Å²) in [4.78, 5) is 0. The minimum Gasteiger partial charge on any atom is -0.493 e. The van der Waals surface area contributed by atoms with Crippen molar-refractivity contribution in [3.8, 4) is 5.75 Å². The molecule has 2 N–H and O–H groups in total. The van der Waals surface area contributed by atoms with Crippen LogP contribution in [0, 0.1) is 3.57 Å². The molecule has 0 fully saturated rings. The summed E-state index contributed by atoms with van der Waals surface area (Å²) in [6.07, 6.45) is 0.924. The van der Waals surface area contributed by atoms with Gasteiger partial charge in [0.25, 0.3) is 0 Å². The van der Waals surface area contributed by atoms with Gasteiger partial charge >= 0.3 is 0 Å². The number of hydrogen-bond acceptors (Lipinski definition) is 2. The lowest BCUT2D eigenvalue weighted by atomic mass is 10.0. The Morgan fingerprint density at radius 3 is 2.92 bits per heavy atom. The molecule has 2 nitrogen and oxygen atoms in total. The van der Waals surface area contributed by atoms with E-state index in [0.29, 0.717) is 0 Å². The van der Waals surface area contributed by atoms with Crippen molar-refractivity contribution in [2.45, 2.75) is 12.5 Å². The van der Waals surface area contributed by atoms with Gasteiger partial charge in [-0.1, -0.05) is 6.07 Å². The van der Waals surface area contributed by atoms with Crippen molar-refractivity contribution in [1.29, 1.82) is 0 Å². The maximum absolute atomic E-state index is 5.96. The summed E-state index contributed by atoms with van der Waals surface area (Å²) in [6.45, 7) is 0.744. The van der Waals surface area contributed by atoms with E-state index in [0.717, 1.165) is 18.8 Å². The highest BCUT2D eigenvalue weighted by Crippen LogP contribution is 2.33. The van der Waals surface area contributed by atoms with Gasteiger partial charge in [0, 0.05) is 21.6 Å². The van der Waals surface area contributed by atoms with E-state index < -0.39 is 0 Å². The quantitative estimate of drug-likeness (QED) is 0.747. The van der Waals surface area contributed by atoms with Gasteiger partial charge in [0.1, 0.15) is 5.75 Å². The molecule has 0 saturated heterocycles. The molecule has 0 bridgehead atoms. The van der Waals surface area contributed by atoms with Crippen molar-refractivity contribution in [3.05, 3.63) is 27.3 Å². The van der Waals surface area contributed by atoms with Crippen LogP contribution in [0.4, 0.5) is 0 Å². The molecule has 72 valence electrons. The number of halogens is 2. The first-order valence-corrected chi connectivity index (χ1v) is 5.03. The van der Waals surface area contributed by atoms with Gasteiger partial charge in [0.2, 0.25) is 0 Å². The van der Waals surface area contributed by atoms with Gasteiger partial charge in [-0.2, -0.15) is 0 Å². The number of nitrogens with two attached hydrogens (primary N) is 1. The summed E-state index contributed by atoms with van der Waals surface area (Å²) in [7, 11) is 0. The van der Waals surface area contributed by atoms with Crippen LogP contribution in [0.3, 0.4) is 0 Å². The van der Waals surface area contributed by atoms with E-state index in [-0.39, 0.29) is 18.4 Å². The highest BCUT2D eigenvalue weighted by Gasteiger charge is 2.19. The lowest BCUT2D eigenvalue weighted by Gasteiger charge is -2.23. The Kier molecular flexibility index (Phi) is 3.82. The summed E-state index contributed by atoms with van der Waals surface area (Å²) in [5.41, 5.74) is 7.13. The van der Waals surface area contributed by atoms with Crippen molar-refractivity contribution in [2.75, 3.05) is 6.61 Å². The van der Waals surface area contributed by atoms with Crippen molar-refractivity contribution >= 4 is 35.0 Å². The number of rotatable bonds is 0. The van der Waals surface area contributed by atoms with Crippen LogP contribution >= 0.6 is 35.0 Å². The molecule has 1 aromatic carbocycles. The Labute approximate surface area is 97.4 Å². The lowest BCUT2D eigenvalue weighted by molar-refractivity contribution is 0.268. The summed E-state index contributed by atoms with van der Waals surface area (Å²) in [5, 5.41) is 0. The van der Waals surface area contributed by atoms with Gasteiger partial charge in [0.05, 0.1) is 6.61 Å². The maximum atomic E-state index is 5.96. The normalized spacial score (nSPS) is 19.7. The van der Waals surface area contributed by atoms with E-state index in [9.17, 15) is 0 Å². The molecule has 13 heavy (non-hydrogen) atoms. The molecule has 1 aliphatic rings. The molecule has 0 aromatic heterocycles. The Balaban J connectivity index is 0.000000845. The summed E-state index contributed by atoms with van der Waals surface area (Å²) < 4.78 is 6.70. The zero-order valence-electron chi connectivity index (χ0n) is 7.00. The van der Waals surface area contributed by atoms with Crippen molar-refractivity contribution < 1.29 is 4.74 Å².